The summed E-state index contributed by atoms with van der Waals surface area (Å²) in [5.41, 5.74) is 1.12. The lowest BCUT2D eigenvalue weighted by Gasteiger charge is -2.13. The van der Waals surface area contributed by atoms with Gasteiger partial charge in [-0.15, -0.1) is 0 Å². The maximum Gasteiger partial charge on any atom is 0.199 e. The smallest absolute Gasteiger partial charge is 0.199 e. The van der Waals surface area contributed by atoms with Crippen molar-refractivity contribution in [2.75, 3.05) is 0 Å². The summed E-state index contributed by atoms with van der Waals surface area (Å²) in [4.78, 5) is 4.04. The zero-order chi connectivity index (χ0) is 13.1. The fraction of sp³-hybridized carbons (Fsp3) is 0.308. The Bertz CT molecular complexity index is 524. The highest BCUT2D eigenvalue weighted by molar-refractivity contribution is 6.29. The van der Waals surface area contributed by atoms with Crippen molar-refractivity contribution < 1.29 is 14.3 Å². The summed E-state index contributed by atoms with van der Waals surface area (Å²) in [7, 11) is 0. The Morgan fingerprint density at radius 2 is 2.17 bits per heavy atom. The first-order chi connectivity index (χ1) is 8.58. The van der Waals surface area contributed by atoms with E-state index in [1.165, 1.54) is 6.26 Å². The molecule has 0 aliphatic rings. The molecular weight excluding hydrogens is 254 g/mol. The Labute approximate surface area is 110 Å². The van der Waals surface area contributed by atoms with Crippen LogP contribution in [0.5, 0.6) is 5.75 Å². The summed E-state index contributed by atoms with van der Waals surface area (Å²) in [5.74, 6) is 0.612. The maximum absolute atomic E-state index is 10.2. The Morgan fingerprint density at radius 1 is 1.39 bits per heavy atom. The summed E-state index contributed by atoms with van der Waals surface area (Å²) >= 11 is 5.83. The van der Waals surface area contributed by atoms with Crippen molar-refractivity contribution in [1.29, 1.82) is 0 Å². The number of aliphatic hydroxyl groups is 1. The van der Waals surface area contributed by atoms with E-state index in [2.05, 4.69) is 4.98 Å². The molecule has 1 atom stereocenters. The molecular formula is C13H14ClNO3. The van der Waals surface area contributed by atoms with Crippen LogP contribution >= 0.6 is 11.6 Å². The monoisotopic (exact) mass is 267 g/mol. The molecule has 1 unspecified atom stereocenters. The molecule has 1 N–H and O–H groups in total. The molecule has 2 rings (SSSR count). The molecule has 0 bridgehead atoms. The average molecular weight is 268 g/mol. The van der Waals surface area contributed by atoms with Gasteiger partial charge in [-0.3, -0.25) is 4.98 Å². The molecule has 5 heteroatoms. The predicted octanol–water partition coefficient (Wildman–Crippen LogP) is 3.20. The number of hydrogen-bond acceptors (Lipinski definition) is 4. The van der Waals surface area contributed by atoms with E-state index in [1.807, 2.05) is 13.8 Å². The van der Waals surface area contributed by atoms with Gasteiger partial charge in [0, 0.05) is 17.3 Å². The molecule has 0 amide bonds. The van der Waals surface area contributed by atoms with E-state index in [4.69, 9.17) is 20.8 Å². The van der Waals surface area contributed by atoms with Gasteiger partial charge in [0.2, 0.25) is 0 Å². The SMILES string of the molecule is CC(C)Oc1cncc(C(O)c2ccoc2Cl)c1. The zero-order valence-electron chi connectivity index (χ0n) is 10.1. The largest absolute Gasteiger partial charge is 0.489 e. The van der Waals surface area contributed by atoms with Crippen LogP contribution in [0.15, 0.2) is 35.2 Å². The van der Waals surface area contributed by atoms with Crippen molar-refractivity contribution in [3.63, 3.8) is 0 Å². The molecule has 0 aromatic carbocycles. The van der Waals surface area contributed by atoms with E-state index in [-0.39, 0.29) is 11.3 Å². The minimum atomic E-state index is -0.875. The first-order valence-corrected chi connectivity index (χ1v) is 5.98. The van der Waals surface area contributed by atoms with Crippen LogP contribution in [0.25, 0.3) is 0 Å². The summed E-state index contributed by atoms with van der Waals surface area (Å²) in [6.45, 7) is 3.85. The second-order valence-electron chi connectivity index (χ2n) is 4.17. The van der Waals surface area contributed by atoms with E-state index < -0.39 is 6.10 Å². The Kier molecular flexibility index (Phi) is 3.89. The molecule has 0 aliphatic carbocycles. The van der Waals surface area contributed by atoms with Gasteiger partial charge in [0.15, 0.2) is 5.22 Å². The van der Waals surface area contributed by atoms with E-state index in [9.17, 15) is 5.11 Å². The molecule has 0 fully saturated rings. The third-order valence-electron chi connectivity index (χ3n) is 2.36. The van der Waals surface area contributed by atoms with Crippen LogP contribution in [0.2, 0.25) is 5.22 Å². The van der Waals surface area contributed by atoms with Gasteiger partial charge in [-0.2, -0.15) is 0 Å². The number of halogens is 1. The summed E-state index contributed by atoms with van der Waals surface area (Å²) in [6.07, 6.45) is 3.79. The molecule has 4 nitrogen and oxygen atoms in total. The van der Waals surface area contributed by atoms with Crippen molar-refractivity contribution in [3.05, 3.63) is 47.1 Å². The topological polar surface area (TPSA) is 55.5 Å². The zero-order valence-corrected chi connectivity index (χ0v) is 10.9. The number of nitrogens with zero attached hydrogens (tertiary/aromatic N) is 1. The lowest BCUT2D eigenvalue weighted by atomic mass is 10.1. The second-order valence-corrected chi connectivity index (χ2v) is 4.52. The number of aliphatic hydroxyl groups excluding tert-OH is 1. The highest BCUT2D eigenvalue weighted by Gasteiger charge is 2.17. The molecule has 18 heavy (non-hydrogen) atoms. The lowest BCUT2D eigenvalue weighted by Crippen LogP contribution is -2.07. The Hall–Kier alpha value is -1.52. The standard InChI is InChI=1S/C13H14ClNO3/c1-8(2)18-10-5-9(6-15-7-10)12(16)11-3-4-17-13(11)14/h3-8,12,16H,1-2H3. The molecule has 0 spiro atoms. The van der Waals surface area contributed by atoms with E-state index in [1.54, 1.807) is 24.5 Å². The first kappa shape index (κ1) is 12.9. The van der Waals surface area contributed by atoms with Crippen LogP contribution in [0.3, 0.4) is 0 Å². The summed E-state index contributed by atoms with van der Waals surface area (Å²) < 4.78 is 10.5. The number of furan rings is 1. The number of aromatic nitrogens is 1. The first-order valence-electron chi connectivity index (χ1n) is 5.60. The van der Waals surface area contributed by atoms with Crippen LogP contribution in [-0.2, 0) is 0 Å². The molecule has 0 saturated heterocycles. The molecule has 2 aromatic rings. The molecule has 0 saturated carbocycles. The molecule has 0 aliphatic heterocycles. The number of hydrogen-bond donors (Lipinski definition) is 1. The van der Waals surface area contributed by atoms with Crippen LogP contribution in [0, 0.1) is 0 Å². The van der Waals surface area contributed by atoms with Crippen molar-refractivity contribution >= 4 is 11.6 Å². The van der Waals surface area contributed by atoms with Crippen molar-refractivity contribution in [2.24, 2.45) is 0 Å². The maximum atomic E-state index is 10.2. The van der Waals surface area contributed by atoms with Gasteiger partial charge in [0.25, 0.3) is 0 Å². The molecule has 96 valence electrons. The van der Waals surface area contributed by atoms with Crippen LogP contribution in [-0.4, -0.2) is 16.2 Å². The quantitative estimate of drug-likeness (QED) is 0.924. The van der Waals surface area contributed by atoms with E-state index in [0.717, 1.165) is 0 Å². The summed E-state index contributed by atoms with van der Waals surface area (Å²) in [6, 6.07) is 3.37. The normalized spacial score (nSPS) is 12.7. The molecule has 0 radical (unpaired) electrons. The van der Waals surface area contributed by atoms with Gasteiger partial charge >= 0.3 is 0 Å². The summed E-state index contributed by atoms with van der Waals surface area (Å²) in [5, 5.41) is 10.4. The van der Waals surface area contributed by atoms with Crippen molar-refractivity contribution in [2.45, 2.75) is 26.1 Å². The number of pyridine rings is 1. The minimum Gasteiger partial charge on any atom is -0.489 e. The van der Waals surface area contributed by atoms with Gasteiger partial charge < -0.3 is 14.3 Å². The fourth-order valence-electron chi connectivity index (χ4n) is 1.60. The van der Waals surface area contributed by atoms with E-state index >= 15 is 0 Å². The Morgan fingerprint density at radius 3 is 2.78 bits per heavy atom. The highest BCUT2D eigenvalue weighted by atomic mass is 35.5. The third-order valence-corrected chi connectivity index (χ3v) is 2.67. The second kappa shape index (κ2) is 5.42. The number of ether oxygens (including phenoxy) is 1. The van der Waals surface area contributed by atoms with Crippen LogP contribution in [0.4, 0.5) is 0 Å². The van der Waals surface area contributed by atoms with Crippen molar-refractivity contribution in [1.82, 2.24) is 4.98 Å². The van der Waals surface area contributed by atoms with Gasteiger partial charge in [0.05, 0.1) is 18.6 Å². The van der Waals surface area contributed by atoms with Crippen molar-refractivity contribution in [3.8, 4) is 5.75 Å². The van der Waals surface area contributed by atoms with Crippen LogP contribution < -0.4 is 4.74 Å². The lowest BCUT2D eigenvalue weighted by molar-refractivity contribution is 0.215. The van der Waals surface area contributed by atoms with Gasteiger partial charge in [0.1, 0.15) is 11.9 Å². The van der Waals surface area contributed by atoms with E-state index in [0.29, 0.717) is 16.9 Å². The van der Waals surface area contributed by atoms with Crippen LogP contribution in [0.1, 0.15) is 31.1 Å². The predicted molar refractivity (Wildman–Crippen MR) is 67.8 cm³/mol. The average Bonchev–Trinajstić information content (AvgIpc) is 2.74. The highest BCUT2D eigenvalue weighted by Crippen LogP contribution is 2.30. The Balaban J connectivity index is 2.25. The van der Waals surface area contributed by atoms with Gasteiger partial charge in [-0.1, -0.05) is 0 Å². The van der Waals surface area contributed by atoms with Gasteiger partial charge in [-0.25, -0.2) is 0 Å². The third kappa shape index (κ3) is 2.83. The minimum absolute atomic E-state index is 0.0525. The fourth-order valence-corrected chi connectivity index (χ4v) is 1.82. The molecule has 2 aromatic heterocycles. The molecule has 2 heterocycles. The van der Waals surface area contributed by atoms with Gasteiger partial charge in [-0.05, 0) is 37.6 Å². The number of rotatable bonds is 4.